The van der Waals surface area contributed by atoms with Gasteiger partial charge in [-0.1, -0.05) is 0 Å². The van der Waals surface area contributed by atoms with Crippen molar-refractivity contribution in [2.45, 2.75) is 12.8 Å². The second-order valence-corrected chi connectivity index (χ2v) is 4.57. The van der Waals surface area contributed by atoms with Crippen LogP contribution in [-0.4, -0.2) is 29.8 Å². The van der Waals surface area contributed by atoms with E-state index in [0.29, 0.717) is 13.2 Å². The number of hydrogen-bond acceptors (Lipinski definition) is 4. The Balaban J connectivity index is 1.99. The molecule has 0 fully saturated rings. The SMILES string of the molecule is COc1ccc(OCCc2nccn2C)c(CCN)c1. The lowest BCUT2D eigenvalue weighted by Gasteiger charge is -2.12. The number of rotatable bonds is 7. The fourth-order valence-corrected chi connectivity index (χ4v) is 2.06. The van der Waals surface area contributed by atoms with Crippen LogP contribution in [0.15, 0.2) is 30.6 Å². The van der Waals surface area contributed by atoms with Crippen LogP contribution in [0.2, 0.25) is 0 Å². The molecule has 5 nitrogen and oxygen atoms in total. The molecule has 0 aliphatic heterocycles. The maximum absolute atomic E-state index is 5.85. The molecule has 108 valence electrons. The van der Waals surface area contributed by atoms with Gasteiger partial charge in [0.25, 0.3) is 0 Å². The van der Waals surface area contributed by atoms with Crippen LogP contribution in [0, 0.1) is 0 Å². The first kappa shape index (κ1) is 14.4. The molecule has 0 saturated carbocycles. The van der Waals surface area contributed by atoms with E-state index < -0.39 is 0 Å². The highest BCUT2D eigenvalue weighted by Gasteiger charge is 2.06. The molecule has 5 heteroatoms. The van der Waals surface area contributed by atoms with E-state index in [2.05, 4.69) is 4.98 Å². The largest absolute Gasteiger partial charge is 0.497 e. The molecule has 2 aromatic rings. The predicted molar refractivity (Wildman–Crippen MR) is 78.2 cm³/mol. The number of imidazole rings is 1. The van der Waals surface area contributed by atoms with Gasteiger partial charge in [0.1, 0.15) is 17.3 Å². The molecule has 2 N–H and O–H groups in total. The van der Waals surface area contributed by atoms with Gasteiger partial charge in [0.2, 0.25) is 0 Å². The molecule has 0 atom stereocenters. The lowest BCUT2D eigenvalue weighted by molar-refractivity contribution is 0.313. The first-order valence-electron chi connectivity index (χ1n) is 6.70. The van der Waals surface area contributed by atoms with E-state index in [1.165, 1.54) is 0 Å². The van der Waals surface area contributed by atoms with E-state index in [1.807, 2.05) is 36.0 Å². The van der Waals surface area contributed by atoms with Gasteiger partial charge in [0, 0.05) is 25.9 Å². The van der Waals surface area contributed by atoms with Crippen molar-refractivity contribution in [2.24, 2.45) is 12.8 Å². The van der Waals surface area contributed by atoms with Crippen molar-refractivity contribution in [3.8, 4) is 11.5 Å². The highest BCUT2D eigenvalue weighted by molar-refractivity contribution is 5.40. The monoisotopic (exact) mass is 275 g/mol. The summed E-state index contributed by atoms with van der Waals surface area (Å²) in [5, 5.41) is 0. The molecule has 1 aromatic heterocycles. The molecule has 0 bridgehead atoms. The molecule has 0 spiro atoms. The summed E-state index contributed by atoms with van der Waals surface area (Å²) in [6.07, 6.45) is 5.28. The third-order valence-corrected chi connectivity index (χ3v) is 3.19. The van der Waals surface area contributed by atoms with Crippen LogP contribution in [0.25, 0.3) is 0 Å². The molecule has 0 radical (unpaired) electrons. The highest BCUT2D eigenvalue weighted by atomic mass is 16.5. The number of benzene rings is 1. The van der Waals surface area contributed by atoms with Crippen LogP contribution in [0.5, 0.6) is 11.5 Å². The Morgan fingerprint density at radius 2 is 2.15 bits per heavy atom. The van der Waals surface area contributed by atoms with Crippen LogP contribution in [-0.2, 0) is 19.9 Å². The van der Waals surface area contributed by atoms with Crippen molar-refractivity contribution in [1.29, 1.82) is 0 Å². The molecule has 2 rings (SSSR count). The second-order valence-electron chi connectivity index (χ2n) is 4.57. The molecule has 1 aromatic carbocycles. The van der Waals surface area contributed by atoms with Crippen molar-refractivity contribution in [1.82, 2.24) is 9.55 Å². The number of ether oxygens (including phenoxy) is 2. The number of methoxy groups -OCH3 is 1. The summed E-state index contributed by atoms with van der Waals surface area (Å²) in [6.45, 7) is 1.18. The summed E-state index contributed by atoms with van der Waals surface area (Å²) in [6, 6.07) is 5.81. The zero-order valence-electron chi connectivity index (χ0n) is 12.0. The molecule has 1 heterocycles. The van der Waals surface area contributed by atoms with Gasteiger partial charge in [-0.05, 0) is 36.7 Å². The lowest BCUT2D eigenvalue weighted by atomic mass is 10.1. The van der Waals surface area contributed by atoms with Gasteiger partial charge in [-0.15, -0.1) is 0 Å². The van der Waals surface area contributed by atoms with Crippen molar-refractivity contribution < 1.29 is 9.47 Å². The Labute approximate surface area is 119 Å². The van der Waals surface area contributed by atoms with Gasteiger partial charge < -0.3 is 19.8 Å². The van der Waals surface area contributed by atoms with Crippen molar-refractivity contribution in [3.63, 3.8) is 0 Å². The number of nitrogens with zero attached hydrogens (tertiary/aromatic N) is 2. The van der Waals surface area contributed by atoms with E-state index in [9.17, 15) is 0 Å². The molecular weight excluding hydrogens is 254 g/mol. The van der Waals surface area contributed by atoms with Gasteiger partial charge in [-0.25, -0.2) is 4.98 Å². The van der Waals surface area contributed by atoms with Gasteiger partial charge in [-0.2, -0.15) is 0 Å². The van der Waals surface area contributed by atoms with Gasteiger partial charge in [-0.3, -0.25) is 0 Å². The fourth-order valence-electron chi connectivity index (χ4n) is 2.06. The molecule has 0 aliphatic carbocycles. The van der Waals surface area contributed by atoms with Crippen LogP contribution < -0.4 is 15.2 Å². The summed E-state index contributed by atoms with van der Waals surface area (Å²) >= 11 is 0. The molecule has 0 saturated heterocycles. The van der Waals surface area contributed by atoms with Crippen molar-refractivity contribution >= 4 is 0 Å². The zero-order chi connectivity index (χ0) is 14.4. The van der Waals surface area contributed by atoms with E-state index >= 15 is 0 Å². The van der Waals surface area contributed by atoms with Crippen LogP contribution in [0.4, 0.5) is 0 Å². The van der Waals surface area contributed by atoms with Gasteiger partial charge in [0.05, 0.1) is 13.7 Å². The minimum absolute atomic E-state index is 0.586. The smallest absolute Gasteiger partial charge is 0.122 e. The van der Waals surface area contributed by atoms with E-state index in [0.717, 1.165) is 35.7 Å². The standard InChI is InChI=1S/C15H21N3O2/c1-18-9-8-17-15(18)6-10-20-14-4-3-13(19-2)11-12(14)5-7-16/h3-4,8-9,11H,5-7,10,16H2,1-2H3. The minimum Gasteiger partial charge on any atom is -0.497 e. The average Bonchev–Trinajstić information content (AvgIpc) is 2.86. The molecular formula is C15H21N3O2. The van der Waals surface area contributed by atoms with Crippen LogP contribution in [0.3, 0.4) is 0 Å². The summed E-state index contributed by atoms with van der Waals surface area (Å²) in [5.74, 6) is 2.70. The number of aromatic nitrogens is 2. The Morgan fingerprint density at radius 3 is 2.80 bits per heavy atom. The first-order valence-corrected chi connectivity index (χ1v) is 6.70. The van der Waals surface area contributed by atoms with Gasteiger partial charge >= 0.3 is 0 Å². The summed E-state index contributed by atoms with van der Waals surface area (Å²) in [4.78, 5) is 4.28. The third-order valence-electron chi connectivity index (χ3n) is 3.19. The second kappa shape index (κ2) is 6.96. The fraction of sp³-hybridized carbons (Fsp3) is 0.400. The first-order chi connectivity index (χ1) is 9.74. The Hall–Kier alpha value is -2.01. The third kappa shape index (κ3) is 3.51. The van der Waals surface area contributed by atoms with Crippen molar-refractivity contribution in [2.75, 3.05) is 20.3 Å². The molecule has 0 amide bonds. The number of hydrogen-bond donors (Lipinski definition) is 1. The van der Waals surface area contributed by atoms with E-state index in [1.54, 1.807) is 13.3 Å². The van der Waals surface area contributed by atoms with E-state index in [-0.39, 0.29) is 0 Å². The minimum atomic E-state index is 0.586. The molecule has 20 heavy (non-hydrogen) atoms. The summed E-state index contributed by atoms with van der Waals surface area (Å²) < 4.78 is 13.1. The summed E-state index contributed by atoms with van der Waals surface area (Å²) in [7, 11) is 3.64. The average molecular weight is 275 g/mol. The van der Waals surface area contributed by atoms with Crippen LogP contribution in [0.1, 0.15) is 11.4 Å². The Bertz CT molecular complexity index is 552. The Morgan fingerprint density at radius 1 is 1.30 bits per heavy atom. The topological polar surface area (TPSA) is 62.3 Å². The van der Waals surface area contributed by atoms with Crippen LogP contribution >= 0.6 is 0 Å². The zero-order valence-corrected chi connectivity index (χ0v) is 12.0. The highest BCUT2D eigenvalue weighted by Crippen LogP contribution is 2.24. The van der Waals surface area contributed by atoms with E-state index in [4.69, 9.17) is 15.2 Å². The predicted octanol–water partition coefficient (Wildman–Crippen LogP) is 1.55. The quantitative estimate of drug-likeness (QED) is 0.833. The summed E-state index contributed by atoms with van der Waals surface area (Å²) in [5.41, 5.74) is 6.71. The molecule has 0 unspecified atom stereocenters. The maximum atomic E-state index is 5.85. The maximum Gasteiger partial charge on any atom is 0.122 e. The molecule has 0 aliphatic rings. The number of nitrogens with two attached hydrogens (primary N) is 1. The lowest BCUT2D eigenvalue weighted by Crippen LogP contribution is -2.09. The Kier molecular flexibility index (Phi) is 5.01. The van der Waals surface area contributed by atoms with Gasteiger partial charge in [0.15, 0.2) is 0 Å². The van der Waals surface area contributed by atoms with Crippen molar-refractivity contribution in [3.05, 3.63) is 42.0 Å². The normalized spacial score (nSPS) is 10.6. The number of aryl methyl sites for hydroxylation is 1.